The topological polar surface area (TPSA) is 33.3 Å². The SMILES string of the molecule is CCCNC1COCC1CNCC1CC1C. The maximum absolute atomic E-state index is 5.56. The monoisotopic (exact) mass is 226 g/mol. The Morgan fingerprint density at radius 3 is 2.62 bits per heavy atom. The van der Waals surface area contributed by atoms with Crippen LogP contribution in [0.3, 0.4) is 0 Å². The lowest BCUT2D eigenvalue weighted by Gasteiger charge is -2.19. The van der Waals surface area contributed by atoms with Gasteiger partial charge < -0.3 is 15.4 Å². The van der Waals surface area contributed by atoms with E-state index in [0.29, 0.717) is 12.0 Å². The Bertz CT molecular complexity index is 210. The predicted molar refractivity (Wildman–Crippen MR) is 66.5 cm³/mol. The van der Waals surface area contributed by atoms with E-state index in [1.807, 2.05) is 0 Å². The van der Waals surface area contributed by atoms with Crippen LogP contribution in [-0.4, -0.2) is 38.9 Å². The lowest BCUT2D eigenvalue weighted by molar-refractivity contribution is 0.182. The van der Waals surface area contributed by atoms with Crippen molar-refractivity contribution < 1.29 is 4.74 Å². The molecule has 1 heterocycles. The van der Waals surface area contributed by atoms with Gasteiger partial charge in [0.05, 0.1) is 13.2 Å². The molecule has 94 valence electrons. The third kappa shape index (κ3) is 3.44. The van der Waals surface area contributed by atoms with Gasteiger partial charge in [0.15, 0.2) is 0 Å². The van der Waals surface area contributed by atoms with Crippen molar-refractivity contribution in [2.45, 2.75) is 32.7 Å². The number of rotatable bonds is 7. The van der Waals surface area contributed by atoms with Crippen LogP contribution in [0.2, 0.25) is 0 Å². The van der Waals surface area contributed by atoms with E-state index in [1.54, 1.807) is 0 Å². The first-order valence-corrected chi connectivity index (χ1v) is 6.83. The van der Waals surface area contributed by atoms with Crippen molar-refractivity contribution in [2.24, 2.45) is 17.8 Å². The van der Waals surface area contributed by atoms with Crippen LogP contribution in [0, 0.1) is 17.8 Å². The maximum atomic E-state index is 5.56. The normalized spacial score (nSPS) is 37.9. The second-order valence-electron chi connectivity index (χ2n) is 5.49. The fraction of sp³-hybridized carbons (Fsp3) is 1.00. The number of nitrogens with one attached hydrogen (secondary N) is 2. The summed E-state index contributed by atoms with van der Waals surface area (Å²) in [6.07, 6.45) is 2.63. The summed E-state index contributed by atoms with van der Waals surface area (Å²) in [6, 6.07) is 0.573. The van der Waals surface area contributed by atoms with E-state index < -0.39 is 0 Å². The summed E-state index contributed by atoms with van der Waals surface area (Å²) in [5.74, 6) is 2.58. The van der Waals surface area contributed by atoms with Gasteiger partial charge in [0.2, 0.25) is 0 Å². The van der Waals surface area contributed by atoms with Crippen LogP contribution in [0.1, 0.15) is 26.7 Å². The molecule has 2 aliphatic rings. The van der Waals surface area contributed by atoms with Gasteiger partial charge in [-0.25, -0.2) is 0 Å². The Labute approximate surface area is 99.3 Å². The zero-order chi connectivity index (χ0) is 11.4. The Kier molecular flexibility index (Phi) is 4.62. The second-order valence-corrected chi connectivity index (χ2v) is 5.49. The molecule has 0 amide bonds. The first-order chi connectivity index (χ1) is 7.81. The molecule has 2 rings (SSSR count). The zero-order valence-electron chi connectivity index (χ0n) is 10.7. The van der Waals surface area contributed by atoms with E-state index in [9.17, 15) is 0 Å². The molecular formula is C13H26N2O. The summed E-state index contributed by atoms with van der Waals surface area (Å²) in [4.78, 5) is 0. The van der Waals surface area contributed by atoms with Gasteiger partial charge in [0.25, 0.3) is 0 Å². The summed E-state index contributed by atoms with van der Waals surface area (Å²) in [6.45, 7) is 9.81. The van der Waals surface area contributed by atoms with Crippen LogP contribution in [0.5, 0.6) is 0 Å². The van der Waals surface area contributed by atoms with Crippen LogP contribution >= 0.6 is 0 Å². The van der Waals surface area contributed by atoms with Gasteiger partial charge in [-0.2, -0.15) is 0 Å². The zero-order valence-corrected chi connectivity index (χ0v) is 10.7. The summed E-state index contributed by atoms with van der Waals surface area (Å²) in [5.41, 5.74) is 0. The van der Waals surface area contributed by atoms with Gasteiger partial charge in [-0.1, -0.05) is 13.8 Å². The van der Waals surface area contributed by atoms with Gasteiger partial charge in [-0.05, 0) is 37.8 Å². The first-order valence-electron chi connectivity index (χ1n) is 6.83. The van der Waals surface area contributed by atoms with Crippen LogP contribution in [-0.2, 0) is 4.74 Å². The third-order valence-electron chi connectivity index (χ3n) is 3.94. The summed E-state index contributed by atoms with van der Waals surface area (Å²) in [7, 11) is 0. The van der Waals surface area contributed by atoms with Crippen molar-refractivity contribution in [3.8, 4) is 0 Å². The lowest BCUT2D eigenvalue weighted by atomic mass is 10.0. The average Bonchev–Trinajstić information content (AvgIpc) is 2.79. The van der Waals surface area contributed by atoms with E-state index in [2.05, 4.69) is 24.5 Å². The molecule has 1 aliphatic carbocycles. The first kappa shape index (κ1) is 12.3. The van der Waals surface area contributed by atoms with E-state index in [-0.39, 0.29) is 0 Å². The van der Waals surface area contributed by atoms with Gasteiger partial charge in [-0.15, -0.1) is 0 Å². The van der Waals surface area contributed by atoms with Crippen molar-refractivity contribution in [3.05, 3.63) is 0 Å². The molecule has 3 heteroatoms. The highest BCUT2D eigenvalue weighted by molar-refractivity contribution is 4.86. The van der Waals surface area contributed by atoms with Gasteiger partial charge >= 0.3 is 0 Å². The molecule has 0 aromatic carbocycles. The standard InChI is InChI=1S/C13H26N2O/c1-3-4-15-13-9-16-8-12(13)7-14-6-11-5-10(11)2/h10-15H,3-9H2,1-2H3. The summed E-state index contributed by atoms with van der Waals surface area (Å²) in [5, 5.41) is 7.18. The van der Waals surface area contributed by atoms with Gasteiger partial charge in [0, 0.05) is 18.5 Å². The molecular weight excluding hydrogens is 200 g/mol. The molecule has 3 nitrogen and oxygen atoms in total. The smallest absolute Gasteiger partial charge is 0.0623 e. The van der Waals surface area contributed by atoms with E-state index in [1.165, 1.54) is 19.4 Å². The minimum absolute atomic E-state index is 0.573. The van der Waals surface area contributed by atoms with Gasteiger partial charge in [0.1, 0.15) is 0 Å². The highest BCUT2D eigenvalue weighted by atomic mass is 16.5. The quantitative estimate of drug-likeness (QED) is 0.685. The minimum Gasteiger partial charge on any atom is -0.379 e. The largest absolute Gasteiger partial charge is 0.379 e. The second kappa shape index (κ2) is 5.99. The Morgan fingerprint density at radius 2 is 1.94 bits per heavy atom. The molecule has 0 aromatic rings. The molecule has 0 radical (unpaired) electrons. The molecule has 4 unspecified atom stereocenters. The number of hydrogen-bond donors (Lipinski definition) is 2. The van der Waals surface area contributed by atoms with Crippen LogP contribution in [0.15, 0.2) is 0 Å². The maximum Gasteiger partial charge on any atom is 0.0623 e. The molecule has 2 N–H and O–H groups in total. The minimum atomic E-state index is 0.573. The molecule has 2 fully saturated rings. The third-order valence-corrected chi connectivity index (χ3v) is 3.94. The van der Waals surface area contributed by atoms with Crippen LogP contribution < -0.4 is 10.6 Å². The summed E-state index contributed by atoms with van der Waals surface area (Å²) < 4.78 is 5.56. The van der Waals surface area contributed by atoms with Crippen LogP contribution in [0.25, 0.3) is 0 Å². The molecule has 0 spiro atoms. The fourth-order valence-corrected chi connectivity index (χ4v) is 2.49. The predicted octanol–water partition coefficient (Wildman–Crippen LogP) is 1.25. The van der Waals surface area contributed by atoms with Crippen LogP contribution in [0.4, 0.5) is 0 Å². The highest BCUT2D eigenvalue weighted by Crippen LogP contribution is 2.36. The Hall–Kier alpha value is -0.120. The van der Waals surface area contributed by atoms with E-state index in [0.717, 1.165) is 38.1 Å². The molecule has 16 heavy (non-hydrogen) atoms. The summed E-state index contributed by atoms with van der Waals surface area (Å²) >= 11 is 0. The molecule has 1 saturated heterocycles. The number of ether oxygens (including phenoxy) is 1. The van der Waals surface area contributed by atoms with Crippen molar-refractivity contribution in [1.29, 1.82) is 0 Å². The lowest BCUT2D eigenvalue weighted by Crippen LogP contribution is -2.41. The fourth-order valence-electron chi connectivity index (χ4n) is 2.49. The molecule has 4 atom stereocenters. The molecule has 0 aromatic heterocycles. The van der Waals surface area contributed by atoms with Crippen molar-refractivity contribution in [1.82, 2.24) is 10.6 Å². The van der Waals surface area contributed by atoms with E-state index >= 15 is 0 Å². The van der Waals surface area contributed by atoms with Crippen molar-refractivity contribution >= 4 is 0 Å². The Balaban J connectivity index is 1.59. The molecule has 1 aliphatic heterocycles. The van der Waals surface area contributed by atoms with Gasteiger partial charge in [-0.3, -0.25) is 0 Å². The average molecular weight is 226 g/mol. The Morgan fingerprint density at radius 1 is 1.19 bits per heavy atom. The number of hydrogen-bond acceptors (Lipinski definition) is 3. The van der Waals surface area contributed by atoms with Crippen molar-refractivity contribution in [3.63, 3.8) is 0 Å². The van der Waals surface area contributed by atoms with Crippen molar-refractivity contribution in [2.75, 3.05) is 32.8 Å². The highest BCUT2D eigenvalue weighted by Gasteiger charge is 2.33. The molecule has 0 bridgehead atoms. The van der Waals surface area contributed by atoms with E-state index in [4.69, 9.17) is 4.74 Å². The molecule has 1 saturated carbocycles.